The Balaban J connectivity index is 1.31. The maximum absolute atomic E-state index is 13.7. The first-order valence-corrected chi connectivity index (χ1v) is 10.8. The van der Waals surface area contributed by atoms with Gasteiger partial charge in [-0.15, -0.1) is 10.2 Å². The zero-order valence-corrected chi connectivity index (χ0v) is 16.7. The van der Waals surface area contributed by atoms with Gasteiger partial charge in [0.25, 0.3) is 0 Å². The van der Waals surface area contributed by atoms with E-state index in [1.165, 1.54) is 40.3 Å². The molecule has 0 saturated carbocycles. The third-order valence-corrected chi connectivity index (χ3v) is 6.53. The van der Waals surface area contributed by atoms with Crippen molar-refractivity contribution in [1.82, 2.24) is 15.5 Å². The van der Waals surface area contributed by atoms with E-state index in [1.54, 1.807) is 18.2 Å². The van der Waals surface area contributed by atoms with Crippen LogP contribution in [0.2, 0.25) is 0 Å². The number of aromatic nitrogens is 2. The highest BCUT2D eigenvalue weighted by Crippen LogP contribution is 2.31. The Labute approximate surface area is 170 Å². The van der Waals surface area contributed by atoms with Gasteiger partial charge in [0.05, 0.1) is 17.5 Å². The number of hydrogen-bond donors (Lipinski definition) is 2. The highest BCUT2D eigenvalue weighted by molar-refractivity contribution is 8.01. The molecule has 2 aromatic carbocycles. The summed E-state index contributed by atoms with van der Waals surface area (Å²) in [5, 5.41) is 14.6. The summed E-state index contributed by atoms with van der Waals surface area (Å²) < 4.78 is 14.4. The highest BCUT2D eigenvalue weighted by Gasteiger charge is 2.21. The van der Waals surface area contributed by atoms with E-state index in [0.29, 0.717) is 15.2 Å². The van der Waals surface area contributed by atoms with Gasteiger partial charge in [-0.3, -0.25) is 4.79 Å². The molecule has 0 aliphatic heterocycles. The first-order chi connectivity index (χ1) is 13.7. The topological polar surface area (TPSA) is 66.9 Å². The Bertz CT molecular complexity index is 978. The number of amides is 1. The van der Waals surface area contributed by atoms with Crippen molar-refractivity contribution in [3.05, 3.63) is 65.5 Å². The molecule has 4 rings (SSSR count). The fraction of sp³-hybridized carbons (Fsp3) is 0.250. The zero-order valence-electron chi connectivity index (χ0n) is 15.0. The van der Waals surface area contributed by atoms with Gasteiger partial charge in [-0.2, -0.15) is 0 Å². The molecule has 1 aliphatic carbocycles. The maximum atomic E-state index is 13.7. The van der Waals surface area contributed by atoms with Gasteiger partial charge >= 0.3 is 0 Å². The number of anilines is 2. The van der Waals surface area contributed by atoms with Crippen molar-refractivity contribution in [2.45, 2.75) is 29.6 Å². The number of nitrogens with one attached hydrogen (secondary N) is 2. The Morgan fingerprint density at radius 2 is 2.00 bits per heavy atom. The minimum absolute atomic E-state index is 0.0227. The molecule has 28 heavy (non-hydrogen) atoms. The number of benzene rings is 2. The summed E-state index contributed by atoms with van der Waals surface area (Å²) in [6.45, 7) is 0. The maximum Gasteiger partial charge on any atom is 0.230 e. The molecule has 144 valence electrons. The first kappa shape index (κ1) is 18.9. The van der Waals surface area contributed by atoms with Gasteiger partial charge < -0.3 is 10.6 Å². The van der Waals surface area contributed by atoms with Gasteiger partial charge in [-0.1, -0.05) is 59.5 Å². The monoisotopic (exact) mass is 414 g/mol. The number of fused-ring (bicyclic) bond motifs is 1. The number of thioether (sulfide) groups is 1. The van der Waals surface area contributed by atoms with E-state index in [4.69, 9.17) is 0 Å². The molecular formula is C20H19FN4OS2. The van der Waals surface area contributed by atoms with Crippen LogP contribution in [0.1, 0.15) is 30.0 Å². The van der Waals surface area contributed by atoms with Gasteiger partial charge in [-0.05, 0) is 42.5 Å². The molecule has 1 heterocycles. The molecule has 1 amide bonds. The van der Waals surface area contributed by atoms with Gasteiger partial charge in [0.1, 0.15) is 5.82 Å². The molecule has 0 bridgehead atoms. The lowest BCUT2D eigenvalue weighted by Crippen LogP contribution is -2.32. The third kappa shape index (κ3) is 4.51. The van der Waals surface area contributed by atoms with E-state index in [1.807, 2.05) is 12.1 Å². The second-order valence-corrected chi connectivity index (χ2v) is 8.68. The fourth-order valence-electron chi connectivity index (χ4n) is 3.26. The molecule has 0 fully saturated rings. The Morgan fingerprint density at radius 3 is 2.89 bits per heavy atom. The molecule has 0 radical (unpaired) electrons. The number of halogens is 1. The van der Waals surface area contributed by atoms with Crippen molar-refractivity contribution >= 4 is 39.8 Å². The van der Waals surface area contributed by atoms with Gasteiger partial charge in [-0.25, -0.2) is 4.39 Å². The number of carbonyl (C=O) groups excluding carboxylic acids is 1. The predicted octanol–water partition coefficient (Wildman–Crippen LogP) is 4.71. The second kappa shape index (κ2) is 8.70. The number of nitrogens with zero attached hydrogens (tertiary/aromatic N) is 2. The number of carbonyl (C=O) groups is 1. The fourth-order valence-corrected chi connectivity index (χ4v) is 4.84. The Morgan fingerprint density at radius 1 is 1.18 bits per heavy atom. The van der Waals surface area contributed by atoms with Crippen LogP contribution in [0.5, 0.6) is 0 Å². The van der Waals surface area contributed by atoms with Gasteiger partial charge in [0.15, 0.2) is 4.34 Å². The van der Waals surface area contributed by atoms with Crippen LogP contribution in [0.15, 0.2) is 52.9 Å². The summed E-state index contributed by atoms with van der Waals surface area (Å²) in [7, 11) is 0. The van der Waals surface area contributed by atoms with Crippen molar-refractivity contribution in [3.8, 4) is 0 Å². The number of aryl methyl sites for hydroxylation is 1. The van der Waals surface area contributed by atoms with Crippen LogP contribution < -0.4 is 10.6 Å². The van der Waals surface area contributed by atoms with Crippen LogP contribution in [0.3, 0.4) is 0 Å². The van der Waals surface area contributed by atoms with Crippen molar-refractivity contribution in [2.24, 2.45) is 0 Å². The molecule has 5 nitrogen and oxygen atoms in total. The minimum atomic E-state index is -0.348. The van der Waals surface area contributed by atoms with Gasteiger partial charge in [0, 0.05) is 0 Å². The minimum Gasteiger partial charge on any atom is -0.349 e. The number of hydrogen-bond acceptors (Lipinski definition) is 6. The van der Waals surface area contributed by atoms with Crippen molar-refractivity contribution in [1.29, 1.82) is 0 Å². The molecule has 2 N–H and O–H groups in total. The van der Waals surface area contributed by atoms with E-state index in [0.717, 1.165) is 19.3 Å². The first-order valence-electron chi connectivity index (χ1n) is 9.04. The van der Waals surface area contributed by atoms with Crippen LogP contribution >= 0.6 is 23.1 Å². The third-order valence-electron chi connectivity index (χ3n) is 4.55. The van der Waals surface area contributed by atoms with Gasteiger partial charge in [0.2, 0.25) is 11.0 Å². The van der Waals surface area contributed by atoms with E-state index in [9.17, 15) is 9.18 Å². The molecule has 0 unspecified atom stereocenters. The van der Waals surface area contributed by atoms with Crippen LogP contribution in [-0.2, 0) is 11.2 Å². The Hall–Kier alpha value is -2.45. The summed E-state index contributed by atoms with van der Waals surface area (Å²) in [6.07, 6.45) is 3.11. The summed E-state index contributed by atoms with van der Waals surface area (Å²) in [4.78, 5) is 12.4. The van der Waals surface area contributed by atoms with Crippen molar-refractivity contribution in [2.75, 3.05) is 11.1 Å². The van der Waals surface area contributed by atoms with E-state index in [-0.39, 0.29) is 23.5 Å². The molecule has 3 aromatic rings. The average molecular weight is 415 g/mol. The smallest absolute Gasteiger partial charge is 0.230 e. The predicted molar refractivity (Wildman–Crippen MR) is 111 cm³/mol. The van der Waals surface area contributed by atoms with Crippen molar-refractivity contribution in [3.63, 3.8) is 0 Å². The van der Waals surface area contributed by atoms with Crippen LogP contribution in [0, 0.1) is 5.82 Å². The zero-order chi connectivity index (χ0) is 19.3. The normalized spacial score (nSPS) is 15.7. The van der Waals surface area contributed by atoms with E-state index < -0.39 is 0 Å². The average Bonchev–Trinajstić information content (AvgIpc) is 3.16. The standard InChI is InChI=1S/C20H19FN4OS2/c21-15-9-3-4-10-17(15)23-19-24-25-20(28-19)27-12-18(26)22-16-11-5-7-13-6-1-2-8-14(13)16/h1-4,6,8-10,16H,5,7,11-12H2,(H,22,26)(H,23,24)/t16-/m1/s1. The molecule has 0 spiro atoms. The lowest BCUT2D eigenvalue weighted by atomic mass is 9.88. The van der Waals surface area contributed by atoms with Crippen LogP contribution in [0.4, 0.5) is 15.2 Å². The van der Waals surface area contributed by atoms with E-state index >= 15 is 0 Å². The molecule has 1 aliphatic rings. The molecule has 1 aromatic heterocycles. The lowest BCUT2D eigenvalue weighted by Gasteiger charge is -2.26. The van der Waals surface area contributed by atoms with Crippen LogP contribution in [0.25, 0.3) is 0 Å². The molecule has 0 saturated heterocycles. The lowest BCUT2D eigenvalue weighted by molar-refractivity contribution is -0.119. The Kier molecular flexibility index (Phi) is 5.87. The summed E-state index contributed by atoms with van der Waals surface area (Å²) in [5.41, 5.74) is 2.89. The number of rotatable bonds is 6. The van der Waals surface area contributed by atoms with Crippen molar-refractivity contribution < 1.29 is 9.18 Å². The molecule has 1 atom stereocenters. The number of para-hydroxylation sites is 1. The highest BCUT2D eigenvalue weighted by atomic mass is 32.2. The van der Waals surface area contributed by atoms with Crippen LogP contribution in [-0.4, -0.2) is 21.9 Å². The largest absolute Gasteiger partial charge is 0.349 e. The quantitative estimate of drug-likeness (QED) is 0.572. The molecular weight excluding hydrogens is 395 g/mol. The summed E-state index contributed by atoms with van der Waals surface area (Å²) in [5.74, 6) is -0.0999. The summed E-state index contributed by atoms with van der Waals surface area (Å²) >= 11 is 2.63. The van der Waals surface area contributed by atoms with E-state index in [2.05, 4.69) is 33.0 Å². The second-order valence-electron chi connectivity index (χ2n) is 6.48. The summed E-state index contributed by atoms with van der Waals surface area (Å²) in [6, 6.07) is 14.8. The SMILES string of the molecule is O=C(CSc1nnc(Nc2ccccc2F)s1)N[C@@H]1CCCc2ccccc21. The molecule has 8 heteroatoms.